The van der Waals surface area contributed by atoms with Gasteiger partial charge < -0.3 is 33.7 Å². The lowest BCUT2D eigenvalue weighted by molar-refractivity contribution is 0.0199. The van der Waals surface area contributed by atoms with E-state index >= 15 is 0 Å². The molecular formula is C21H21NO7. The van der Waals surface area contributed by atoms with Gasteiger partial charge in [-0.05, 0) is 29.7 Å². The first-order chi connectivity index (χ1) is 14.1. The number of hydrogen-bond donors (Lipinski definition) is 1. The Balaban J connectivity index is 1.72. The Hall–Kier alpha value is -3.13. The summed E-state index contributed by atoms with van der Waals surface area (Å²) in [5.41, 5.74) is 2.58. The first-order valence-corrected chi connectivity index (χ1v) is 9.34. The van der Waals surface area contributed by atoms with Gasteiger partial charge >= 0.3 is 0 Å². The largest absolute Gasteiger partial charge is 0.493 e. The fraction of sp³-hybridized carbons (Fsp3) is 0.381. The number of benzene rings is 2. The van der Waals surface area contributed by atoms with E-state index in [0.29, 0.717) is 52.8 Å². The number of nitrogens with zero attached hydrogens (tertiary/aromatic N) is 1. The smallest absolute Gasteiger partial charge is 0.258 e. The monoisotopic (exact) mass is 399 g/mol. The van der Waals surface area contributed by atoms with Crippen molar-refractivity contribution in [2.45, 2.75) is 18.6 Å². The van der Waals surface area contributed by atoms with Gasteiger partial charge in [-0.25, -0.2) is 0 Å². The molecule has 3 heterocycles. The Morgan fingerprint density at radius 3 is 2.55 bits per heavy atom. The minimum Gasteiger partial charge on any atom is -0.493 e. The number of carbonyl (C=O) groups is 1. The van der Waals surface area contributed by atoms with E-state index in [4.69, 9.17) is 23.7 Å². The van der Waals surface area contributed by atoms with E-state index in [-0.39, 0.29) is 12.7 Å². The molecule has 0 aliphatic carbocycles. The van der Waals surface area contributed by atoms with E-state index in [9.17, 15) is 9.90 Å². The van der Waals surface area contributed by atoms with E-state index in [1.54, 1.807) is 24.1 Å². The molecule has 1 N–H and O–H groups in total. The molecule has 2 aromatic rings. The highest BCUT2D eigenvalue weighted by Crippen LogP contribution is 2.55. The summed E-state index contributed by atoms with van der Waals surface area (Å²) in [7, 11) is 4.58. The lowest BCUT2D eigenvalue weighted by atomic mass is 9.80. The fourth-order valence-corrected chi connectivity index (χ4v) is 4.61. The highest BCUT2D eigenvalue weighted by atomic mass is 16.7. The van der Waals surface area contributed by atoms with Crippen molar-refractivity contribution in [1.82, 2.24) is 4.90 Å². The molecule has 8 heteroatoms. The lowest BCUT2D eigenvalue weighted by Gasteiger charge is -2.44. The molecule has 1 amide bonds. The van der Waals surface area contributed by atoms with Crippen LogP contribution in [-0.2, 0) is 6.42 Å². The van der Waals surface area contributed by atoms with Crippen LogP contribution in [0.2, 0.25) is 0 Å². The van der Waals surface area contributed by atoms with Gasteiger partial charge in [0.05, 0.1) is 32.9 Å². The molecule has 0 saturated heterocycles. The standard InChI is InChI=1S/C21H21NO7/c1-25-12-5-4-11-15(18(12)27-3)21(24)22-7-6-10-8-13(26-2)19-20(29-9-28-19)14(10)16(22)17(11)23/h4-5,8,16-17,23H,6-7,9H2,1-3H3/t16-,17-/m0/s1. The second-order valence-corrected chi connectivity index (χ2v) is 7.12. The third-order valence-electron chi connectivity index (χ3n) is 5.88. The van der Waals surface area contributed by atoms with Crippen molar-refractivity contribution in [3.05, 3.63) is 40.5 Å². The van der Waals surface area contributed by atoms with Crippen LogP contribution in [0.3, 0.4) is 0 Å². The van der Waals surface area contributed by atoms with Crippen molar-refractivity contribution in [1.29, 1.82) is 0 Å². The number of aliphatic hydroxyl groups excluding tert-OH is 1. The molecule has 0 saturated carbocycles. The second-order valence-electron chi connectivity index (χ2n) is 7.12. The van der Waals surface area contributed by atoms with Crippen LogP contribution in [0.4, 0.5) is 0 Å². The minimum absolute atomic E-state index is 0.0700. The first-order valence-electron chi connectivity index (χ1n) is 9.34. The van der Waals surface area contributed by atoms with Crippen LogP contribution in [0, 0.1) is 0 Å². The number of ether oxygens (including phenoxy) is 5. The second kappa shape index (κ2) is 6.45. The number of fused-ring (bicyclic) bond motifs is 6. The number of amides is 1. The van der Waals surface area contributed by atoms with Gasteiger partial charge in [-0.3, -0.25) is 4.79 Å². The average Bonchev–Trinajstić information content (AvgIpc) is 3.25. The summed E-state index contributed by atoms with van der Waals surface area (Å²) in [6.45, 7) is 0.524. The van der Waals surface area contributed by atoms with Crippen LogP contribution in [0.15, 0.2) is 18.2 Å². The normalized spacial score (nSPS) is 21.2. The molecule has 2 aromatic carbocycles. The van der Waals surface area contributed by atoms with Crippen molar-refractivity contribution in [3.63, 3.8) is 0 Å². The van der Waals surface area contributed by atoms with Crippen molar-refractivity contribution in [3.8, 4) is 28.7 Å². The van der Waals surface area contributed by atoms with Gasteiger partial charge in [-0.15, -0.1) is 0 Å². The van der Waals surface area contributed by atoms with Gasteiger partial charge in [0.15, 0.2) is 23.0 Å². The molecule has 29 heavy (non-hydrogen) atoms. The Kier molecular flexibility index (Phi) is 3.99. The molecule has 0 bridgehead atoms. The van der Waals surface area contributed by atoms with E-state index in [2.05, 4.69) is 0 Å². The summed E-state index contributed by atoms with van der Waals surface area (Å²) < 4.78 is 27.6. The summed E-state index contributed by atoms with van der Waals surface area (Å²) in [4.78, 5) is 15.1. The Labute approximate surface area is 167 Å². The zero-order valence-corrected chi connectivity index (χ0v) is 16.4. The van der Waals surface area contributed by atoms with E-state index < -0.39 is 12.1 Å². The molecule has 2 atom stereocenters. The van der Waals surface area contributed by atoms with Crippen LogP contribution >= 0.6 is 0 Å². The average molecular weight is 399 g/mol. The van der Waals surface area contributed by atoms with Crippen LogP contribution < -0.4 is 23.7 Å². The highest BCUT2D eigenvalue weighted by Gasteiger charge is 2.47. The molecule has 8 nitrogen and oxygen atoms in total. The van der Waals surface area contributed by atoms with Crippen LogP contribution in [-0.4, -0.2) is 50.6 Å². The van der Waals surface area contributed by atoms with E-state index in [1.165, 1.54) is 14.2 Å². The van der Waals surface area contributed by atoms with Gasteiger partial charge in [0.2, 0.25) is 12.5 Å². The van der Waals surface area contributed by atoms with Crippen LogP contribution in [0.1, 0.15) is 39.2 Å². The van der Waals surface area contributed by atoms with Gasteiger partial charge in [0.25, 0.3) is 5.91 Å². The molecule has 0 unspecified atom stereocenters. The van der Waals surface area contributed by atoms with Crippen molar-refractivity contribution < 1.29 is 33.6 Å². The number of hydrogen-bond acceptors (Lipinski definition) is 7. The minimum atomic E-state index is -0.955. The molecule has 0 spiro atoms. The molecule has 0 fully saturated rings. The number of methoxy groups -OCH3 is 3. The summed E-state index contributed by atoms with van der Waals surface area (Å²) >= 11 is 0. The molecular weight excluding hydrogens is 378 g/mol. The maximum Gasteiger partial charge on any atom is 0.258 e. The Morgan fingerprint density at radius 2 is 1.83 bits per heavy atom. The van der Waals surface area contributed by atoms with Crippen LogP contribution in [0.25, 0.3) is 0 Å². The third kappa shape index (κ3) is 2.32. The maximum absolute atomic E-state index is 13.5. The van der Waals surface area contributed by atoms with Gasteiger partial charge in [0.1, 0.15) is 6.10 Å². The predicted octanol–water partition coefficient (Wildman–Crippen LogP) is 2.23. The van der Waals surface area contributed by atoms with Gasteiger partial charge in [0, 0.05) is 12.1 Å². The van der Waals surface area contributed by atoms with Crippen LogP contribution in [0.5, 0.6) is 28.7 Å². The molecule has 5 rings (SSSR count). The van der Waals surface area contributed by atoms with E-state index in [1.807, 2.05) is 6.07 Å². The van der Waals surface area contributed by atoms with Gasteiger partial charge in [-0.1, -0.05) is 6.07 Å². The van der Waals surface area contributed by atoms with Crippen molar-refractivity contribution >= 4 is 5.91 Å². The highest BCUT2D eigenvalue weighted by molar-refractivity contribution is 6.01. The topological polar surface area (TPSA) is 86.7 Å². The molecule has 3 aliphatic heterocycles. The number of aliphatic hydroxyl groups is 1. The Morgan fingerprint density at radius 1 is 1.07 bits per heavy atom. The zero-order valence-electron chi connectivity index (χ0n) is 16.4. The first kappa shape index (κ1) is 17.9. The van der Waals surface area contributed by atoms with E-state index in [0.717, 1.165) is 11.1 Å². The lowest BCUT2D eigenvalue weighted by Crippen LogP contribution is -2.46. The molecule has 3 aliphatic rings. The Bertz CT molecular complexity index is 1020. The molecule has 152 valence electrons. The predicted molar refractivity (Wildman–Crippen MR) is 101 cm³/mol. The summed E-state index contributed by atoms with van der Waals surface area (Å²) in [6, 6.07) is 4.73. The number of carbonyl (C=O) groups excluding carboxylic acids is 1. The quantitative estimate of drug-likeness (QED) is 0.847. The summed E-state index contributed by atoms with van der Waals surface area (Å²) in [6.07, 6.45) is -0.345. The van der Waals surface area contributed by atoms with Gasteiger partial charge in [-0.2, -0.15) is 0 Å². The molecule has 0 radical (unpaired) electrons. The summed E-state index contributed by atoms with van der Waals surface area (Å²) in [5, 5.41) is 11.3. The molecule has 0 aromatic heterocycles. The zero-order chi connectivity index (χ0) is 20.3. The SMILES string of the molecule is COc1cc2c(c3c1OCO3)[C@H]1[C@@H](O)c3ccc(OC)c(OC)c3C(=O)N1CC2. The number of rotatable bonds is 3. The third-order valence-corrected chi connectivity index (χ3v) is 5.88. The summed E-state index contributed by atoms with van der Waals surface area (Å²) in [5.74, 6) is 2.20. The fourth-order valence-electron chi connectivity index (χ4n) is 4.61. The maximum atomic E-state index is 13.5. The van der Waals surface area contributed by atoms with Crippen molar-refractivity contribution in [2.75, 3.05) is 34.7 Å². The van der Waals surface area contributed by atoms with Crippen molar-refractivity contribution in [2.24, 2.45) is 0 Å².